The van der Waals surface area contributed by atoms with Gasteiger partial charge in [-0.05, 0) is 41.7 Å². The summed E-state index contributed by atoms with van der Waals surface area (Å²) in [5, 5.41) is 9.91. The number of pyridine rings is 1. The molecule has 0 fully saturated rings. The molecule has 128 valence electrons. The van der Waals surface area contributed by atoms with Crippen molar-refractivity contribution < 1.29 is 4.79 Å². The van der Waals surface area contributed by atoms with E-state index < -0.39 is 0 Å². The van der Waals surface area contributed by atoms with Crippen LogP contribution in [-0.4, -0.2) is 21.1 Å². The van der Waals surface area contributed by atoms with Crippen LogP contribution in [0.2, 0.25) is 0 Å². The Bertz CT molecular complexity index is 813. The van der Waals surface area contributed by atoms with Gasteiger partial charge in [-0.1, -0.05) is 32.0 Å². The third kappa shape index (κ3) is 4.32. The highest BCUT2D eigenvalue weighted by Crippen LogP contribution is 2.22. The smallest absolute Gasteiger partial charge is 0.251 e. The predicted octanol–water partition coefficient (Wildman–Crippen LogP) is 3.99. The second-order valence-corrected chi connectivity index (χ2v) is 6.51. The van der Waals surface area contributed by atoms with Gasteiger partial charge in [-0.3, -0.25) is 14.9 Å². The Balaban J connectivity index is 1.81. The van der Waals surface area contributed by atoms with E-state index in [1.807, 2.05) is 48.8 Å². The normalized spacial score (nSPS) is 12.1. The van der Waals surface area contributed by atoms with E-state index in [0.717, 1.165) is 23.1 Å². The van der Waals surface area contributed by atoms with E-state index in [2.05, 4.69) is 34.3 Å². The van der Waals surface area contributed by atoms with Gasteiger partial charge in [0, 0.05) is 29.7 Å². The zero-order valence-electron chi connectivity index (χ0n) is 14.4. The fourth-order valence-electron chi connectivity index (χ4n) is 2.82. The van der Waals surface area contributed by atoms with Crippen LogP contribution in [-0.2, 0) is 0 Å². The number of hydrogen-bond donors (Lipinski definition) is 2. The summed E-state index contributed by atoms with van der Waals surface area (Å²) in [5.41, 5.74) is 3.58. The topological polar surface area (TPSA) is 70.7 Å². The summed E-state index contributed by atoms with van der Waals surface area (Å²) in [6, 6.07) is 11.4. The van der Waals surface area contributed by atoms with E-state index in [1.165, 1.54) is 0 Å². The second kappa shape index (κ2) is 7.75. The van der Waals surface area contributed by atoms with Crippen molar-refractivity contribution in [2.45, 2.75) is 26.3 Å². The first kappa shape index (κ1) is 16.9. The number of rotatable bonds is 6. The largest absolute Gasteiger partial charge is 0.345 e. The van der Waals surface area contributed by atoms with Crippen LogP contribution < -0.4 is 5.32 Å². The van der Waals surface area contributed by atoms with Crippen LogP contribution in [0.15, 0.2) is 61.2 Å². The number of hydrogen-bond acceptors (Lipinski definition) is 3. The standard InChI is InChI=1S/C20H22N4O/c1-14(2)9-19(17-7-4-8-21-11-17)24-20(25)16-6-3-5-15(10-16)18-12-22-23-13-18/h3-8,10-14,19H,9H2,1-2H3,(H,22,23)(H,24,25)/t19-/m1/s1. The molecule has 25 heavy (non-hydrogen) atoms. The molecule has 3 rings (SSSR count). The summed E-state index contributed by atoms with van der Waals surface area (Å²) in [6.07, 6.45) is 7.97. The van der Waals surface area contributed by atoms with Crippen molar-refractivity contribution in [1.29, 1.82) is 0 Å². The number of nitrogens with zero attached hydrogens (tertiary/aromatic N) is 2. The molecule has 0 aliphatic rings. The molecule has 0 unspecified atom stereocenters. The Morgan fingerprint density at radius 3 is 2.72 bits per heavy atom. The molecule has 2 N–H and O–H groups in total. The molecule has 0 radical (unpaired) electrons. The number of carbonyl (C=O) groups excluding carboxylic acids is 1. The zero-order valence-corrected chi connectivity index (χ0v) is 14.4. The number of amides is 1. The fourth-order valence-corrected chi connectivity index (χ4v) is 2.82. The van der Waals surface area contributed by atoms with Gasteiger partial charge in [0.25, 0.3) is 5.91 Å². The molecule has 0 aliphatic heterocycles. The van der Waals surface area contributed by atoms with Crippen LogP contribution in [0.25, 0.3) is 11.1 Å². The predicted molar refractivity (Wildman–Crippen MR) is 97.9 cm³/mol. The first-order valence-corrected chi connectivity index (χ1v) is 8.43. The van der Waals surface area contributed by atoms with Crippen molar-refractivity contribution in [1.82, 2.24) is 20.5 Å². The molecule has 0 saturated carbocycles. The highest BCUT2D eigenvalue weighted by molar-refractivity contribution is 5.95. The molecule has 5 heteroatoms. The minimum absolute atomic E-state index is 0.0567. The van der Waals surface area contributed by atoms with Crippen LogP contribution in [0.3, 0.4) is 0 Å². The summed E-state index contributed by atoms with van der Waals surface area (Å²) >= 11 is 0. The quantitative estimate of drug-likeness (QED) is 0.716. The Morgan fingerprint density at radius 2 is 2.04 bits per heavy atom. The Labute approximate surface area is 147 Å². The Kier molecular flexibility index (Phi) is 5.23. The van der Waals surface area contributed by atoms with Gasteiger partial charge < -0.3 is 5.32 Å². The highest BCUT2D eigenvalue weighted by atomic mass is 16.1. The van der Waals surface area contributed by atoms with Gasteiger partial charge in [-0.2, -0.15) is 5.10 Å². The van der Waals surface area contributed by atoms with Crippen LogP contribution in [0.4, 0.5) is 0 Å². The maximum Gasteiger partial charge on any atom is 0.251 e. The fraction of sp³-hybridized carbons (Fsp3) is 0.250. The first-order chi connectivity index (χ1) is 12.1. The van der Waals surface area contributed by atoms with Crippen molar-refractivity contribution in [3.63, 3.8) is 0 Å². The van der Waals surface area contributed by atoms with Crippen molar-refractivity contribution >= 4 is 5.91 Å². The molecule has 2 aromatic heterocycles. The lowest BCUT2D eigenvalue weighted by Gasteiger charge is -2.21. The summed E-state index contributed by atoms with van der Waals surface area (Å²) in [7, 11) is 0. The minimum atomic E-state index is -0.0835. The molecule has 0 saturated heterocycles. The number of aromatic nitrogens is 3. The molecular weight excluding hydrogens is 312 g/mol. The summed E-state index contributed by atoms with van der Waals surface area (Å²) in [5.74, 6) is 0.377. The molecule has 3 aromatic rings. The third-order valence-corrected chi connectivity index (χ3v) is 4.06. The molecule has 0 spiro atoms. The lowest BCUT2D eigenvalue weighted by molar-refractivity contribution is 0.0932. The monoisotopic (exact) mass is 334 g/mol. The van der Waals surface area contributed by atoms with E-state index in [1.54, 1.807) is 12.4 Å². The van der Waals surface area contributed by atoms with E-state index in [0.29, 0.717) is 11.5 Å². The molecule has 5 nitrogen and oxygen atoms in total. The van der Waals surface area contributed by atoms with Gasteiger partial charge in [0.05, 0.1) is 12.2 Å². The second-order valence-electron chi connectivity index (χ2n) is 6.51. The van der Waals surface area contributed by atoms with Crippen molar-refractivity contribution in [2.75, 3.05) is 0 Å². The van der Waals surface area contributed by atoms with E-state index in [-0.39, 0.29) is 11.9 Å². The summed E-state index contributed by atoms with van der Waals surface area (Å²) in [4.78, 5) is 17.0. The van der Waals surface area contributed by atoms with Crippen molar-refractivity contribution in [3.8, 4) is 11.1 Å². The third-order valence-electron chi connectivity index (χ3n) is 4.06. The zero-order chi connectivity index (χ0) is 17.6. The SMILES string of the molecule is CC(C)C[C@@H](NC(=O)c1cccc(-c2cn[nH]c2)c1)c1cccnc1. The minimum Gasteiger partial charge on any atom is -0.345 e. The van der Waals surface area contributed by atoms with E-state index >= 15 is 0 Å². The van der Waals surface area contributed by atoms with Crippen molar-refractivity contribution in [2.24, 2.45) is 5.92 Å². The maximum absolute atomic E-state index is 12.8. The van der Waals surface area contributed by atoms with Gasteiger partial charge in [-0.25, -0.2) is 0 Å². The van der Waals surface area contributed by atoms with Gasteiger partial charge in [0.2, 0.25) is 0 Å². The van der Waals surface area contributed by atoms with Gasteiger partial charge in [-0.15, -0.1) is 0 Å². The molecule has 0 bridgehead atoms. The average Bonchev–Trinajstić information content (AvgIpc) is 3.16. The number of H-pyrrole nitrogens is 1. The molecule has 0 aliphatic carbocycles. The van der Waals surface area contributed by atoms with Crippen LogP contribution in [0, 0.1) is 5.92 Å². The molecular formula is C20H22N4O. The Morgan fingerprint density at radius 1 is 1.16 bits per heavy atom. The maximum atomic E-state index is 12.8. The highest BCUT2D eigenvalue weighted by Gasteiger charge is 2.17. The van der Waals surface area contributed by atoms with Crippen LogP contribution >= 0.6 is 0 Å². The van der Waals surface area contributed by atoms with Gasteiger partial charge in [0.1, 0.15) is 0 Å². The van der Waals surface area contributed by atoms with Crippen LogP contribution in [0.1, 0.15) is 42.2 Å². The van der Waals surface area contributed by atoms with Gasteiger partial charge in [0.15, 0.2) is 0 Å². The lowest BCUT2D eigenvalue weighted by atomic mass is 9.97. The number of benzene rings is 1. The van der Waals surface area contributed by atoms with Crippen molar-refractivity contribution in [3.05, 3.63) is 72.3 Å². The summed E-state index contributed by atoms with van der Waals surface area (Å²) in [6.45, 7) is 4.30. The molecule has 2 heterocycles. The molecule has 1 amide bonds. The molecule has 1 aromatic carbocycles. The number of nitrogens with one attached hydrogen (secondary N) is 2. The summed E-state index contributed by atoms with van der Waals surface area (Å²) < 4.78 is 0. The van der Waals surface area contributed by atoms with Crippen LogP contribution in [0.5, 0.6) is 0 Å². The van der Waals surface area contributed by atoms with Gasteiger partial charge >= 0.3 is 0 Å². The Hall–Kier alpha value is -2.95. The molecule has 1 atom stereocenters. The van der Waals surface area contributed by atoms with E-state index in [4.69, 9.17) is 0 Å². The number of carbonyl (C=O) groups is 1. The lowest BCUT2D eigenvalue weighted by Crippen LogP contribution is -2.29. The average molecular weight is 334 g/mol. The first-order valence-electron chi connectivity index (χ1n) is 8.43. The number of aromatic amines is 1. The van der Waals surface area contributed by atoms with E-state index in [9.17, 15) is 4.79 Å².